The average Bonchev–Trinajstić information content (AvgIpc) is 3.28. The fourth-order valence-corrected chi connectivity index (χ4v) is 5.25. The van der Waals surface area contributed by atoms with Crippen LogP contribution in [0.25, 0.3) is 11.4 Å². The van der Waals surface area contributed by atoms with E-state index in [-0.39, 0.29) is 5.91 Å². The highest BCUT2D eigenvalue weighted by molar-refractivity contribution is 5.73. The number of carbonyl (C=O) groups is 1. The van der Waals surface area contributed by atoms with Gasteiger partial charge in [-0.2, -0.15) is 0 Å². The van der Waals surface area contributed by atoms with Crippen LogP contribution >= 0.6 is 0 Å². The first-order valence-corrected chi connectivity index (χ1v) is 12.6. The van der Waals surface area contributed by atoms with Crippen molar-refractivity contribution in [2.75, 3.05) is 81.9 Å². The lowest BCUT2D eigenvalue weighted by Gasteiger charge is -2.35. The van der Waals surface area contributed by atoms with Gasteiger partial charge in [0.15, 0.2) is 5.82 Å². The molecule has 2 fully saturated rings. The Morgan fingerprint density at radius 2 is 1.68 bits per heavy atom. The molecule has 0 aliphatic carbocycles. The van der Waals surface area contributed by atoms with Crippen molar-refractivity contribution in [3.05, 3.63) is 35.5 Å². The minimum atomic E-state index is 0.161. The first kappa shape index (κ1) is 23.1. The summed E-state index contributed by atoms with van der Waals surface area (Å²) in [5.74, 6) is 2.09. The molecule has 0 saturated carbocycles. The van der Waals surface area contributed by atoms with Gasteiger partial charge in [-0.15, -0.1) is 0 Å². The van der Waals surface area contributed by atoms with Crippen LogP contribution in [-0.4, -0.2) is 97.8 Å². The van der Waals surface area contributed by atoms with Crippen molar-refractivity contribution in [3.63, 3.8) is 0 Å². The lowest BCUT2D eigenvalue weighted by molar-refractivity contribution is -0.129. The predicted octanol–water partition coefficient (Wildman–Crippen LogP) is 2.21. The first-order chi connectivity index (χ1) is 16.6. The molecule has 0 spiro atoms. The van der Waals surface area contributed by atoms with Gasteiger partial charge in [-0.05, 0) is 44.0 Å². The number of anilines is 2. The molecule has 0 unspecified atom stereocenters. The summed E-state index contributed by atoms with van der Waals surface area (Å²) in [5, 5.41) is 0. The summed E-state index contributed by atoms with van der Waals surface area (Å²) in [4.78, 5) is 30.7. The molecule has 2 aromatic rings. The number of rotatable bonds is 6. The molecule has 3 aliphatic rings. The molecule has 8 heteroatoms. The molecule has 1 aromatic heterocycles. The van der Waals surface area contributed by atoms with E-state index in [2.05, 4.69) is 45.9 Å². The minimum Gasteiger partial charge on any atom is -0.379 e. The number of benzene rings is 1. The maximum absolute atomic E-state index is 11.6. The second-order valence-electron chi connectivity index (χ2n) is 9.52. The van der Waals surface area contributed by atoms with Crippen molar-refractivity contribution in [3.8, 4) is 11.4 Å². The highest BCUT2D eigenvalue weighted by Crippen LogP contribution is 2.31. The van der Waals surface area contributed by atoms with Crippen LogP contribution in [0, 0.1) is 6.92 Å². The lowest BCUT2D eigenvalue weighted by atomic mass is 10.1. The monoisotopic (exact) mass is 464 g/mol. The van der Waals surface area contributed by atoms with Crippen LogP contribution in [0.3, 0.4) is 0 Å². The fraction of sp³-hybridized carbons (Fsp3) is 0.577. The van der Waals surface area contributed by atoms with Crippen LogP contribution in [0.2, 0.25) is 0 Å². The number of hydrogen-bond acceptors (Lipinski definition) is 7. The Hall–Kier alpha value is -2.71. The number of ether oxygens (including phenoxy) is 1. The van der Waals surface area contributed by atoms with Crippen LogP contribution < -0.4 is 9.80 Å². The number of aromatic nitrogens is 2. The number of amides is 1. The Morgan fingerprint density at radius 1 is 0.941 bits per heavy atom. The van der Waals surface area contributed by atoms with E-state index in [1.807, 2.05) is 4.90 Å². The number of piperazine rings is 1. The third-order valence-electron chi connectivity index (χ3n) is 7.35. The summed E-state index contributed by atoms with van der Waals surface area (Å²) >= 11 is 0. The smallest absolute Gasteiger partial charge is 0.219 e. The summed E-state index contributed by atoms with van der Waals surface area (Å²) in [5.41, 5.74) is 4.64. The zero-order chi connectivity index (χ0) is 23.5. The van der Waals surface area contributed by atoms with Crippen molar-refractivity contribution >= 4 is 17.4 Å². The predicted molar refractivity (Wildman–Crippen MR) is 134 cm³/mol. The first-order valence-electron chi connectivity index (χ1n) is 12.6. The van der Waals surface area contributed by atoms with Crippen molar-refractivity contribution in [1.29, 1.82) is 0 Å². The van der Waals surface area contributed by atoms with E-state index in [1.165, 1.54) is 11.3 Å². The normalized spacial score (nSPS) is 18.9. The van der Waals surface area contributed by atoms with Gasteiger partial charge in [-0.3, -0.25) is 9.69 Å². The Labute approximate surface area is 202 Å². The number of hydrogen-bond donors (Lipinski definition) is 0. The van der Waals surface area contributed by atoms with Crippen molar-refractivity contribution in [1.82, 2.24) is 19.8 Å². The quantitative estimate of drug-likeness (QED) is 0.649. The molecule has 1 amide bonds. The van der Waals surface area contributed by atoms with E-state index >= 15 is 0 Å². The van der Waals surface area contributed by atoms with Gasteiger partial charge in [0.25, 0.3) is 0 Å². The average molecular weight is 465 g/mol. The molecule has 1 aromatic carbocycles. The van der Waals surface area contributed by atoms with Gasteiger partial charge in [0.1, 0.15) is 5.82 Å². The Morgan fingerprint density at radius 3 is 2.38 bits per heavy atom. The summed E-state index contributed by atoms with van der Waals surface area (Å²) < 4.78 is 5.46. The third-order valence-corrected chi connectivity index (χ3v) is 7.35. The number of morpholine rings is 1. The van der Waals surface area contributed by atoms with Crippen molar-refractivity contribution in [2.45, 2.75) is 26.7 Å². The molecule has 0 N–H and O–H groups in total. The largest absolute Gasteiger partial charge is 0.379 e. The van der Waals surface area contributed by atoms with E-state index in [0.29, 0.717) is 0 Å². The lowest BCUT2D eigenvalue weighted by Crippen LogP contribution is -2.48. The van der Waals surface area contributed by atoms with Gasteiger partial charge >= 0.3 is 0 Å². The van der Waals surface area contributed by atoms with Crippen LogP contribution in [0.4, 0.5) is 11.5 Å². The molecule has 4 heterocycles. The standard InChI is InChI=1S/C26H36N6O2/c1-20-24-8-11-32(10-3-9-29-16-18-34-19-17-29)26(24)28-25(27-20)22-4-6-23(7-5-22)31-14-12-30(13-15-31)21(2)33/h4-7H,3,8-19H2,1-2H3. The zero-order valence-corrected chi connectivity index (χ0v) is 20.5. The number of fused-ring (bicyclic) bond motifs is 1. The van der Waals surface area contributed by atoms with Crippen LogP contribution in [-0.2, 0) is 16.0 Å². The van der Waals surface area contributed by atoms with Crippen molar-refractivity contribution < 1.29 is 9.53 Å². The Bertz CT molecular complexity index is 997. The zero-order valence-electron chi connectivity index (χ0n) is 20.5. The summed E-state index contributed by atoms with van der Waals surface area (Å²) in [6.45, 7) is 14.1. The maximum atomic E-state index is 11.6. The van der Waals surface area contributed by atoms with Crippen molar-refractivity contribution in [2.24, 2.45) is 0 Å². The Kier molecular flexibility index (Phi) is 6.97. The molecule has 0 bridgehead atoms. The number of nitrogens with zero attached hydrogens (tertiary/aromatic N) is 6. The van der Waals surface area contributed by atoms with Gasteiger partial charge in [0, 0.05) is 88.3 Å². The molecular weight excluding hydrogens is 428 g/mol. The van der Waals surface area contributed by atoms with E-state index < -0.39 is 0 Å². The van der Waals surface area contributed by atoms with Gasteiger partial charge in [0.05, 0.1) is 13.2 Å². The highest BCUT2D eigenvalue weighted by atomic mass is 16.5. The molecule has 5 rings (SSSR count). The Balaban J connectivity index is 1.24. The van der Waals surface area contributed by atoms with Gasteiger partial charge in [0.2, 0.25) is 5.91 Å². The second-order valence-corrected chi connectivity index (χ2v) is 9.52. The SMILES string of the molecule is CC(=O)N1CCN(c2ccc(-c3nc(C)c4c(n3)N(CCCN3CCOCC3)CC4)cc2)CC1. The molecule has 8 nitrogen and oxygen atoms in total. The molecule has 3 aliphatic heterocycles. The summed E-state index contributed by atoms with van der Waals surface area (Å²) in [6, 6.07) is 8.58. The van der Waals surface area contributed by atoms with E-state index in [0.717, 1.165) is 108 Å². The summed E-state index contributed by atoms with van der Waals surface area (Å²) in [7, 11) is 0. The van der Waals surface area contributed by atoms with Gasteiger partial charge in [-0.1, -0.05) is 0 Å². The van der Waals surface area contributed by atoms with Gasteiger partial charge < -0.3 is 19.4 Å². The van der Waals surface area contributed by atoms with E-state index in [4.69, 9.17) is 14.7 Å². The molecule has 0 atom stereocenters. The molecule has 0 radical (unpaired) electrons. The minimum absolute atomic E-state index is 0.161. The fourth-order valence-electron chi connectivity index (χ4n) is 5.25. The highest BCUT2D eigenvalue weighted by Gasteiger charge is 2.25. The van der Waals surface area contributed by atoms with E-state index in [9.17, 15) is 4.79 Å². The summed E-state index contributed by atoms with van der Waals surface area (Å²) in [6.07, 6.45) is 2.17. The van der Waals surface area contributed by atoms with Crippen LogP contribution in [0.1, 0.15) is 24.6 Å². The van der Waals surface area contributed by atoms with Gasteiger partial charge in [-0.25, -0.2) is 9.97 Å². The molecule has 34 heavy (non-hydrogen) atoms. The molecular formula is C26H36N6O2. The number of carbonyl (C=O) groups excluding carboxylic acids is 1. The third kappa shape index (κ3) is 5.03. The number of aryl methyl sites for hydroxylation is 1. The molecule has 2 saturated heterocycles. The maximum Gasteiger partial charge on any atom is 0.219 e. The molecule has 182 valence electrons. The van der Waals surface area contributed by atoms with Crippen LogP contribution in [0.5, 0.6) is 0 Å². The van der Waals surface area contributed by atoms with E-state index in [1.54, 1.807) is 6.92 Å². The van der Waals surface area contributed by atoms with Crippen LogP contribution in [0.15, 0.2) is 24.3 Å². The topological polar surface area (TPSA) is 65.0 Å². The second kappa shape index (κ2) is 10.3.